The zero-order chi connectivity index (χ0) is 15.8. The fourth-order valence-electron chi connectivity index (χ4n) is 2.19. The van der Waals surface area contributed by atoms with E-state index in [1.807, 2.05) is 0 Å². The van der Waals surface area contributed by atoms with Gasteiger partial charge >= 0.3 is 5.97 Å². The average Bonchev–Trinajstić information content (AvgIpc) is 2.79. The number of hydrogen-bond acceptors (Lipinski definition) is 5. The van der Waals surface area contributed by atoms with Crippen molar-refractivity contribution in [3.05, 3.63) is 28.8 Å². The number of sulfonamides is 1. The zero-order valence-corrected chi connectivity index (χ0v) is 13.2. The predicted molar refractivity (Wildman–Crippen MR) is 76.8 cm³/mol. The fraction of sp³-hybridized carbons (Fsp3) is 0.462. The molecule has 1 heterocycles. The van der Waals surface area contributed by atoms with Crippen molar-refractivity contribution < 1.29 is 23.1 Å². The van der Waals surface area contributed by atoms with Gasteiger partial charge in [0.05, 0.1) is 23.3 Å². The standard InChI is InChI=1S/C13H16ClNO5S/c1-13(17)5-6-15(8-13)21(18,19)11-7-9(12(16)20-2)3-4-10(11)14/h3-4,7,17H,5-6,8H2,1-2H3. The molecular formula is C13H16ClNO5S. The molecule has 0 aromatic heterocycles. The van der Waals surface area contributed by atoms with Crippen molar-refractivity contribution in [1.82, 2.24) is 4.31 Å². The Hall–Kier alpha value is -1.15. The lowest BCUT2D eigenvalue weighted by Crippen LogP contribution is -2.34. The van der Waals surface area contributed by atoms with Gasteiger partial charge in [-0.2, -0.15) is 4.31 Å². The first kappa shape index (κ1) is 16.2. The molecule has 1 N–H and O–H groups in total. The molecular weight excluding hydrogens is 318 g/mol. The number of hydrogen-bond donors (Lipinski definition) is 1. The number of rotatable bonds is 3. The second kappa shape index (κ2) is 5.57. The van der Waals surface area contributed by atoms with Crippen LogP contribution in [0.15, 0.2) is 23.1 Å². The highest BCUT2D eigenvalue weighted by atomic mass is 35.5. The molecule has 0 aliphatic carbocycles. The number of esters is 1. The van der Waals surface area contributed by atoms with Crippen molar-refractivity contribution in [3.8, 4) is 0 Å². The van der Waals surface area contributed by atoms with E-state index in [-0.39, 0.29) is 28.6 Å². The van der Waals surface area contributed by atoms with E-state index in [9.17, 15) is 18.3 Å². The Balaban J connectivity index is 2.43. The molecule has 1 aromatic rings. The monoisotopic (exact) mass is 333 g/mol. The lowest BCUT2D eigenvalue weighted by Gasteiger charge is -2.19. The molecule has 0 saturated carbocycles. The van der Waals surface area contributed by atoms with Crippen LogP contribution in [0.25, 0.3) is 0 Å². The first-order valence-electron chi connectivity index (χ1n) is 6.28. The summed E-state index contributed by atoms with van der Waals surface area (Å²) in [5.41, 5.74) is -0.953. The Labute approximate surface area is 128 Å². The van der Waals surface area contributed by atoms with Crippen LogP contribution in [-0.4, -0.2) is 49.6 Å². The maximum Gasteiger partial charge on any atom is 0.337 e. The molecule has 116 valence electrons. The minimum atomic E-state index is -3.87. The summed E-state index contributed by atoms with van der Waals surface area (Å²) >= 11 is 5.96. The second-order valence-electron chi connectivity index (χ2n) is 5.22. The Morgan fingerprint density at radius 2 is 2.14 bits per heavy atom. The molecule has 1 atom stereocenters. The summed E-state index contributed by atoms with van der Waals surface area (Å²) < 4.78 is 30.9. The third-order valence-corrected chi connectivity index (χ3v) is 5.71. The van der Waals surface area contributed by atoms with Crippen LogP contribution in [0.5, 0.6) is 0 Å². The predicted octanol–water partition coefficient (Wildman–Crippen LogP) is 1.27. The van der Waals surface area contributed by atoms with E-state index in [2.05, 4.69) is 4.74 Å². The summed E-state index contributed by atoms with van der Waals surface area (Å²) in [6.45, 7) is 1.78. The van der Waals surface area contributed by atoms with Crippen LogP contribution in [-0.2, 0) is 14.8 Å². The van der Waals surface area contributed by atoms with Crippen molar-refractivity contribution in [2.75, 3.05) is 20.2 Å². The molecule has 0 amide bonds. The van der Waals surface area contributed by atoms with Crippen LogP contribution in [0.3, 0.4) is 0 Å². The normalized spacial score (nSPS) is 23.2. The van der Waals surface area contributed by atoms with E-state index in [1.165, 1.54) is 25.3 Å². The van der Waals surface area contributed by atoms with Crippen molar-refractivity contribution in [1.29, 1.82) is 0 Å². The Morgan fingerprint density at radius 1 is 1.48 bits per heavy atom. The van der Waals surface area contributed by atoms with Crippen molar-refractivity contribution >= 4 is 27.6 Å². The van der Waals surface area contributed by atoms with Crippen molar-refractivity contribution in [3.63, 3.8) is 0 Å². The minimum Gasteiger partial charge on any atom is -0.465 e. The third-order valence-electron chi connectivity index (χ3n) is 3.39. The van der Waals surface area contributed by atoms with Crippen LogP contribution in [0.4, 0.5) is 0 Å². The number of carbonyl (C=O) groups is 1. The van der Waals surface area contributed by atoms with Gasteiger partial charge < -0.3 is 9.84 Å². The Morgan fingerprint density at radius 3 is 2.67 bits per heavy atom. The minimum absolute atomic E-state index is 0.00584. The Kier molecular flexibility index (Phi) is 4.30. The molecule has 1 aliphatic rings. The van der Waals surface area contributed by atoms with Crippen LogP contribution in [0.1, 0.15) is 23.7 Å². The molecule has 1 unspecified atom stereocenters. The highest BCUT2D eigenvalue weighted by Crippen LogP contribution is 2.31. The Bertz CT molecular complexity index is 671. The van der Waals surface area contributed by atoms with Crippen LogP contribution in [0.2, 0.25) is 5.02 Å². The molecule has 1 aliphatic heterocycles. The number of β-amino-alcohol motifs (C(OH)–C–C–N with tert-alkyl or cyclic N) is 1. The maximum absolute atomic E-state index is 12.6. The van der Waals surface area contributed by atoms with Crippen LogP contribution >= 0.6 is 11.6 Å². The van der Waals surface area contributed by atoms with E-state index in [1.54, 1.807) is 6.92 Å². The van der Waals surface area contributed by atoms with Crippen molar-refractivity contribution in [2.24, 2.45) is 0 Å². The summed E-state index contributed by atoms with van der Waals surface area (Å²) in [6, 6.07) is 3.93. The smallest absolute Gasteiger partial charge is 0.337 e. The lowest BCUT2D eigenvalue weighted by molar-refractivity contribution is 0.0600. The van der Waals surface area contributed by atoms with Gasteiger partial charge in [-0.15, -0.1) is 0 Å². The van der Waals surface area contributed by atoms with E-state index < -0.39 is 21.6 Å². The van der Waals surface area contributed by atoms with E-state index in [4.69, 9.17) is 11.6 Å². The van der Waals surface area contributed by atoms with E-state index in [0.717, 1.165) is 4.31 Å². The van der Waals surface area contributed by atoms with Gasteiger partial charge in [0.25, 0.3) is 0 Å². The summed E-state index contributed by atoms with van der Waals surface area (Å²) in [5, 5.41) is 9.93. The molecule has 2 rings (SSSR count). The summed E-state index contributed by atoms with van der Waals surface area (Å²) in [5.74, 6) is -0.642. The molecule has 0 bridgehead atoms. The molecule has 0 radical (unpaired) electrons. The average molecular weight is 334 g/mol. The third kappa shape index (κ3) is 3.21. The van der Waals surface area contributed by atoms with Crippen molar-refractivity contribution in [2.45, 2.75) is 23.8 Å². The summed E-state index contributed by atoms with van der Waals surface area (Å²) in [4.78, 5) is 11.4. The van der Waals surface area contributed by atoms with Crippen LogP contribution < -0.4 is 0 Å². The highest BCUT2D eigenvalue weighted by molar-refractivity contribution is 7.89. The van der Waals surface area contributed by atoms with Gasteiger partial charge in [-0.1, -0.05) is 11.6 Å². The summed E-state index contributed by atoms with van der Waals surface area (Å²) in [7, 11) is -2.66. The molecule has 1 fully saturated rings. The fourth-order valence-corrected chi connectivity index (χ4v) is 4.25. The quantitative estimate of drug-likeness (QED) is 0.842. The second-order valence-corrected chi connectivity index (χ2v) is 7.54. The maximum atomic E-state index is 12.6. The van der Waals surface area contributed by atoms with E-state index in [0.29, 0.717) is 6.42 Å². The number of benzene rings is 1. The molecule has 1 saturated heterocycles. The van der Waals surface area contributed by atoms with Gasteiger partial charge in [-0.05, 0) is 31.5 Å². The summed E-state index contributed by atoms with van der Waals surface area (Å²) in [6.07, 6.45) is 0.348. The number of nitrogens with zero attached hydrogens (tertiary/aromatic N) is 1. The number of methoxy groups -OCH3 is 1. The number of halogens is 1. The van der Waals surface area contributed by atoms with Gasteiger partial charge in [0.2, 0.25) is 10.0 Å². The van der Waals surface area contributed by atoms with Gasteiger partial charge in [-0.25, -0.2) is 13.2 Å². The molecule has 8 heteroatoms. The first-order valence-corrected chi connectivity index (χ1v) is 8.09. The van der Waals surface area contributed by atoms with Gasteiger partial charge in [0.1, 0.15) is 4.90 Å². The highest BCUT2D eigenvalue weighted by Gasteiger charge is 2.39. The molecule has 21 heavy (non-hydrogen) atoms. The largest absolute Gasteiger partial charge is 0.465 e. The number of aliphatic hydroxyl groups is 1. The zero-order valence-electron chi connectivity index (χ0n) is 11.7. The SMILES string of the molecule is COC(=O)c1ccc(Cl)c(S(=O)(=O)N2CCC(C)(O)C2)c1. The molecule has 1 aromatic carbocycles. The van der Waals surface area contributed by atoms with Gasteiger partial charge in [0.15, 0.2) is 0 Å². The molecule has 6 nitrogen and oxygen atoms in total. The lowest BCUT2D eigenvalue weighted by atomic mass is 10.1. The van der Waals surface area contributed by atoms with E-state index >= 15 is 0 Å². The number of carbonyl (C=O) groups excluding carboxylic acids is 1. The van der Waals surface area contributed by atoms with Gasteiger partial charge in [0, 0.05) is 13.1 Å². The first-order chi connectivity index (χ1) is 9.67. The number of ether oxygens (including phenoxy) is 1. The topological polar surface area (TPSA) is 83.9 Å². The van der Waals surface area contributed by atoms with Gasteiger partial charge in [-0.3, -0.25) is 0 Å². The van der Waals surface area contributed by atoms with Crippen LogP contribution in [0, 0.1) is 0 Å². The molecule has 0 spiro atoms.